The molecule has 72 valence electrons. The van der Waals surface area contributed by atoms with Gasteiger partial charge in [0.05, 0.1) is 5.52 Å². The van der Waals surface area contributed by atoms with Crippen LogP contribution in [0, 0.1) is 0 Å². The van der Waals surface area contributed by atoms with Gasteiger partial charge in [-0.25, -0.2) is 4.79 Å². The third-order valence-corrected chi connectivity index (χ3v) is 2.08. The monoisotopic (exact) mass is 193 g/mol. The van der Waals surface area contributed by atoms with Crippen LogP contribution >= 0.6 is 0 Å². The van der Waals surface area contributed by atoms with Crippen molar-refractivity contribution in [3.05, 3.63) is 22.7 Å². The summed E-state index contributed by atoms with van der Waals surface area (Å²) in [6, 6.07) is 3.36. The second kappa shape index (κ2) is 2.54. The Morgan fingerprint density at radius 1 is 1.14 bits per heavy atom. The first kappa shape index (κ1) is 7.49. The number of hydrogen-bond acceptors (Lipinski definition) is 4. The van der Waals surface area contributed by atoms with Gasteiger partial charge in [-0.05, 0) is 0 Å². The lowest BCUT2D eigenvalue weighted by atomic mass is 10.3. The van der Waals surface area contributed by atoms with E-state index in [9.17, 15) is 4.79 Å². The summed E-state index contributed by atoms with van der Waals surface area (Å²) in [5.74, 6) is 0.787. The smallest absolute Gasteiger partial charge is 0.417 e. The van der Waals surface area contributed by atoms with Gasteiger partial charge in [-0.3, -0.25) is 4.98 Å². The standard InChI is InChI=1S/C9H7NO4/c11-9-10-5-3-7-8(4-6(5)14-9)13-2-1-12-7/h3-4H,1-2H2,(H,10,11). The van der Waals surface area contributed by atoms with Crippen molar-refractivity contribution in [3.63, 3.8) is 0 Å². The summed E-state index contributed by atoms with van der Waals surface area (Å²) in [4.78, 5) is 13.5. The summed E-state index contributed by atoms with van der Waals surface area (Å²) in [5.41, 5.74) is 1.11. The van der Waals surface area contributed by atoms with Gasteiger partial charge >= 0.3 is 5.76 Å². The zero-order valence-electron chi connectivity index (χ0n) is 7.20. The Labute approximate surface area is 78.2 Å². The Morgan fingerprint density at radius 2 is 1.86 bits per heavy atom. The predicted octanol–water partition coefficient (Wildman–Crippen LogP) is 0.892. The molecule has 1 aromatic carbocycles. The largest absolute Gasteiger partial charge is 0.486 e. The molecule has 0 saturated heterocycles. The number of benzene rings is 1. The molecule has 0 atom stereocenters. The maximum atomic E-state index is 10.9. The van der Waals surface area contributed by atoms with E-state index < -0.39 is 5.76 Å². The average molecular weight is 193 g/mol. The molecule has 1 aliphatic rings. The molecule has 0 unspecified atom stereocenters. The van der Waals surface area contributed by atoms with Crippen LogP contribution in [0.25, 0.3) is 11.1 Å². The number of aromatic amines is 1. The third-order valence-electron chi connectivity index (χ3n) is 2.08. The predicted molar refractivity (Wildman–Crippen MR) is 47.8 cm³/mol. The van der Waals surface area contributed by atoms with E-state index in [2.05, 4.69) is 4.98 Å². The van der Waals surface area contributed by atoms with E-state index in [0.717, 1.165) is 0 Å². The van der Waals surface area contributed by atoms with Gasteiger partial charge in [0.25, 0.3) is 0 Å². The molecule has 0 fully saturated rings. The Bertz CT molecular complexity index is 493. The number of rotatable bonds is 0. The molecule has 14 heavy (non-hydrogen) atoms. The molecule has 0 radical (unpaired) electrons. The molecular formula is C9H7NO4. The quantitative estimate of drug-likeness (QED) is 0.674. The lowest BCUT2D eigenvalue weighted by Crippen LogP contribution is -2.15. The van der Waals surface area contributed by atoms with Crippen molar-refractivity contribution < 1.29 is 13.9 Å². The van der Waals surface area contributed by atoms with Crippen LogP contribution < -0.4 is 15.2 Å². The van der Waals surface area contributed by atoms with E-state index in [-0.39, 0.29) is 0 Å². The number of fused-ring (bicyclic) bond motifs is 2. The number of H-pyrrole nitrogens is 1. The molecular weight excluding hydrogens is 186 g/mol. The molecule has 1 N–H and O–H groups in total. The molecule has 0 spiro atoms. The van der Waals surface area contributed by atoms with E-state index in [1.54, 1.807) is 12.1 Å². The van der Waals surface area contributed by atoms with Crippen LogP contribution in [-0.4, -0.2) is 18.2 Å². The van der Waals surface area contributed by atoms with Gasteiger partial charge in [0.15, 0.2) is 17.1 Å². The van der Waals surface area contributed by atoms with Crippen LogP contribution in [0.1, 0.15) is 0 Å². The summed E-state index contributed by atoms with van der Waals surface area (Å²) < 4.78 is 15.6. The van der Waals surface area contributed by atoms with Crippen molar-refractivity contribution in [2.75, 3.05) is 13.2 Å². The Balaban J connectivity index is 2.31. The van der Waals surface area contributed by atoms with Crippen LogP contribution in [0.4, 0.5) is 0 Å². The van der Waals surface area contributed by atoms with Gasteiger partial charge in [-0.2, -0.15) is 0 Å². The fourth-order valence-corrected chi connectivity index (χ4v) is 1.49. The molecule has 0 amide bonds. The molecule has 3 rings (SSSR count). The zero-order valence-corrected chi connectivity index (χ0v) is 7.20. The summed E-state index contributed by atoms with van der Waals surface area (Å²) >= 11 is 0. The second-order valence-electron chi connectivity index (χ2n) is 3.01. The van der Waals surface area contributed by atoms with Gasteiger partial charge in [0.1, 0.15) is 13.2 Å². The summed E-state index contributed by atoms with van der Waals surface area (Å²) in [6.45, 7) is 1.05. The number of hydrogen-bond donors (Lipinski definition) is 1. The Morgan fingerprint density at radius 3 is 2.64 bits per heavy atom. The summed E-state index contributed by atoms with van der Waals surface area (Å²) in [6.07, 6.45) is 0. The first-order valence-electron chi connectivity index (χ1n) is 4.25. The molecule has 5 heteroatoms. The maximum Gasteiger partial charge on any atom is 0.417 e. The molecule has 0 saturated carbocycles. The maximum absolute atomic E-state index is 10.9. The first-order chi connectivity index (χ1) is 6.83. The molecule has 0 aliphatic carbocycles. The van der Waals surface area contributed by atoms with Gasteiger partial charge in [-0.15, -0.1) is 0 Å². The van der Waals surface area contributed by atoms with Crippen molar-refractivity contribution in [2.45, 2.75) is 0 Å². The lowest BCUT2D eigenvalue weighted by molar-refractivity contribution is 0.172. The number of ether oxygens (including phenoxy) is 2. The minimum Gasteiger partial charge on any atom is -0.486 e. The van der Waals surface area contributed by atoms with Gasteiger partial charge < -0.3 is 13.9 Å². The van der Waals surface area contributed by atoms with Crippen molar-refractivity contribution in [3.8, 4) is 11.5 Å². The molecule has 2 heterocycles. The van der Waals surface area contributed by atoms with Crippen LogP contribution in [0.15, 0.2) is 21.3 Å². The summed E-state index contributed by atoms with van der Waals surface area (Å²) in [7, 11) is 0. The number of oxazole rings is 1. The van der Waals surface area contributed by atoms with E-state index >= 15 is 0 Å². The van der Waals surface area contributed by atoms with Gasteiger partial charge in [0.2, 0.25) is 0 Å². The lowest BCUT2D eigenvalue weighted by Gasteiger charge is -2.17. The molecule has 5 nitrogen and oxygen atoms in total. The normalized spacial score (nSPS) is 14.6. The van der Waals surface area contributed by atoms with Gasteiger partial charge in [-0.1, -0.05) is 0 Å². The van der Waals surface area contributed by atoms with Crippen LogP contribution in [0.3, 0.4) is 0 Å². The highest BCUT2D eigenvalue weighted by molar-refractivity contribution is 5.77. The second-order valence-corrected chi connectivity index (χ2v) is 3.01. The van der Waals surface area contributed by atoms with E-state index in [1.165, 1.54) is 0 Å². The third kappa shape index (κ3) is 0.985. The minimum atomic E-state index is -0.470. The Kier molecular flexibility index (Phi) is 1.36. The fourth-order valence-electron chi connectivity index (χ4n) is 1.49. The van der Waals surface area contributed by atoms with E-state index in [0.29, 0.717) is 35.8 Å². The van der Waals surface area contributed by atoms with Gasteiger partial charge in [0, 0.05) is 12.1 Å². The van der Waals surface area contributed by atoms with Crippen LogP contribution in [0.2, 0.25) is 0 Å². The average Bonchev–Trinajstić information content (AvgIpc) is 2.53. The topological polar surface area (TPSA) is 64.5 Å². The zero-order chi connectivity index (χ0) is 9.54. The van der Waals surface area contributed by atoms with Crippen molar-refractivity contribution in [1.29, 1.82) is 0 Å². The SMILES string of the molecule is O=c1[nH]c2cc3c(cc2o1)OCCO3. The number of aromatic nitrogens is 1. The van der Waals surface area contributed by atoms with Crippen molar-refractivity contribution in [1.82, 2.24) is 4.98 Å². The fraction of sp³-hybridized carbons (Fsp3) is 0.222. The van der Waals surface area contributed by atoms with Crippen LogP contribution in [-0.2, 0) is 0 Å². The highest BCUT2D eigenvalue weighted by Gasteiger charge is 2.14. The molecule has 1 aliphatic heterocycles. The highest BCUT2D eigenvalue weighted by Crippen LogP contribution is 2.33. The molecule has 0 bridgehead atoms. The molecule has 2 aromatic rings. The van der Waals surface area contributed by atoms with Crippen LogP contribution in [0.5, 0.6) is 11.5 Å². The van der Waals surface area contributed by atoms with E-state index in [4.69, 9.17) is 13.9 Å². The number of nitrogens with one attached hydrogen (secondary N) is 1. The van der Waals surface area contributed by atoms with Crippen molar-refractivity contribution >= 4 is 11.1 Å². The van der Waals surface area contributed by atoms with E-state index in [1.807, 2.05) is 0 Å². The minimum absolute atomic E-state index is 0.470. The first-order valence-corrected chi connectivity index (χ1v) is 4.25. The Hall–Kier alpha value is -1.91. The van der Waals surface area contributed by atoms with Crippen molar-refractivity contribution in [2.24, 2.45) is 0 Å². The molecule has 1 aromatic heterocycles. The summed E-state index contributed by atoms with van der Waals surface area (Å²) in [5, 5.41) is 0. The highest BCUT2D eigenvalue weighted by atomic mass is 16.6.